The van der Waals surface area contributed by atoms with Crippen molar-refractivity contribution in [3.8, 4) is 6.07 Å². The Morgan fingerprint density at radius 2 is 1.84 bits per heavy atom. The van der Waals surface area contributed by atoms with E-state index in [1.54, 1.807) is 0 Å². The van der Waals surface area contributed by atoms with Gasteiger partial charge >= 0.3 is 0 Å². The van der Waals surface area contributed by atoms with Crippen LogP contribution in [-0.4, -0.2) is 50.9 Å². The zero-order chi connectivity index (χ0) is 25.6. The van der Waals surface area contributed by atoms with E-state index in [4.69, 9.17) is 5.26 Å². The number of nitrogens with zero attached hydrogens (tertiary/aromatic N) is 5. The van der Waals surface area contributed by atoms with Gasteiger partial charge in [0.2, 0.25) is 0 Å². The van der Waals surface area contributed by atoms with Crippen LogP contribution in [0.5, 0.6) is 0 Å². The lowest BCUT2D eigenvalue weighted by atomic mass is 10.0. The van der Waals surface area contributed by atoms with Crippen molar-refractivity contribution < 1.29 is 4.79 Å². The molecule has 0 saturated carbocycles. The number of amides is 1. The predicted octanol–water partition coefficient (Wildman–Crippen LogP) is 5.47. The van der Waals surface area contributed by atoms with Gasteiger partial charge in [0.25, 0.3) is 5.91 Å². The summed E-state index contributed by atoms with van der Waals surface area (Å²) in [6.07, 6.45) is 7.18. The molecule has 188 valence electrons. The van der Waals surface area contributed by atoms with E-state index < -0.39 is 0 Å². The van der Waals surface area contributed by atoms with Crippen molar-refractivity contribution in [1.82, 2.24) is 19.4 Å². The summed E-state index contributed by atoms with van der Waals surface area (Å²) in [6, 6.07) is 24.3. The second kappa shape index (κ2) is 11.4. The molecular weight excluding hydrogens is 458 g/mol. The summed E-state index contributed by atoms with van der Waals surface area (Å²) >= 11 is 0. The third-order valence-corrected chi connectivity index (χ3v) is 7.40. The first kappa shape index (κ1) is 24.7. The first-order chi connectivity index (χ1) is 18.2. The van der Waals surface area contributed by atoms with E-state index in [-0.39, 0.29) is 5.91 Å². The van der Waals surface area contributed by atoms with Crippen molar-refractivity contribution >= 4 is 16.7 Å². The van der Waals surface area contributed by atoms with Gasteiger partial charge in [-0.1, -0.05) is 68.3 Å². The number of imidazole rings is 1. The number of fused-ring (bicyclic) bond motifs is 1. The van der Waals surface area contributed by atoms with Crippen LogP contribution in [0.4, 0.5) is 0 Å². The molecule has 2 heterocycles. The predicted molar refractivity (Wildman–Crippen MR) is 146 cm³/mol. The van der Waals surface area contributed by atoms with Crippen LogP contribution < -0.4 is 0 Å². The maximum Gasteiger partial charge on any atom is 0.254 e. The molecule has 4 aromatic rings. The number of carbonyl (C=O) groups excluding carboxylic acids is 1. The maximum absolute atomic E-state index is 13.6. The zero-order valence-corrected chi connectivity index (χ0v) is 21.4. The molecule has 6 nitrogen and oxygen atoms in total. The second-order valence-electron chi connectivity index (χ2n) is 9.87. The number of unbranched alkanes of at least 4 members (excludes halogenated alkanes) is 1. The van der Waals surface area contributed by atoms with E-state index in [1.807, 2.05) is 72.0 Å². The Labute approximate surface area is 218 Å². The van der Waals surface area contributed by atoms with Crippen LogP contribution in [0.3, 0.4) is 0 Å². The van der Waals surface area contributed by atoms with Gasteiger partial charge in [-0.05, 0) is 41.0 Å². The van der Waals surface area contributed by atoms with Crippen LogP contribution >= 0.6 is 0 Å². The number of rotatable bonds is 8. The molecule has 0 aliphatic carbocycles. The van der Waals surface area contributed by atoms with E-state index in [2.05, 4.69) is 39.6 Å². The van der Waals surface area contributed by atoms with E-state index in [0.717, 1.165) is 67.3 Å². The highest BCUT2D eigenvalue weighted by molar-refractivity contribution is 6.07. The largest absolute Gasteiger partial charge is 0.336 e. The lowest BCUT2D eigenvalue weighted by molar-refractivity contribution is 0.0429. The Balaban J connectivity index is 1.31. The molecule has 1 aliphatic rings. The van der Waals surface area contributed by atoms with Crippen LogP contribution in [0.2, 0.25) is 0 Å². The summed E-state index contributed by atoms with van der Waals surface area (Å²) in [5, 5.41) is 11.2. The summed E-state index contributed by atoms with van der Waals surface area (Å²) in [5.74, 6) is 0.129. The summed E-state index contributed by atoms with van der Waals surface area (Å²) in [4.78, 5) is 22.6. The maximum atomic E-state index is 13.6. The van der Waals surface area contributed by atoms with Crippen LogP contribution in [0.25, 0.3) is 10.8 Å². The molecule has 5 rings (SSSR count). The molecule has 1 saturated heterocycles. The van der Waals surface area contributed by atoms with E-state index in [9.17, 15) is 4.79 Å². The summed E-state index contributed by atoms with van der Waals surface area (Å²) in [6.45, 7) is 6.05. The van der Waals surface area contributed by atoms with Gasteiger partial charge in [-0.3, -0.25) is 9.69 Å². The fourth-order valence-corrected chi connectivity index (χ4v) is 5.29. The standard InChI is InChI=1S/C31H33N5O/c1-2-3-9-27-21-35(31(37)30-11-6-8-26-7-4-5-10-29(26)30)17-16-34(27)22-28-19-33-23-36(28)20-25-14-12-24(18-32)13-15-25/h4-8,10-15,19,23,27H,2-3,9,16-17,20-22H2,1H3. The monoisotopic (exact) mass is 491 g/mol. The van der Waals surface area contributed by atoms with Gasteiger partial charge in [0, 0.05) is 50.5 Å². The number of piperazine rings is 1. The number of hydrogen-bond donors (Lipinski definition) is 0. The molecular formula is C31H33N5O. The van der Waals surface area contributed by atoms with Gasteiger partial charge in [0.15, 0.2) is 0 Å². The van der Waals surface area contributed by atoms with Gasteiger partial charge in [-0.25, -0.2) is 4.98 Å². The average Bonchev–Trinajstić information content (AvgIpc) is 3.38. The van der Waals surface area contributed by atoms with Crippen molar-refractivity contribution in [2.24, 2.45) is 0 Å². The smallest absolute Gasteiger partial charge is 0.254 e. The molecule has 1 amide bonds. The Bertz CT molecular complexity index is 1400. The minimum Gasteiger partial charge on any atom is -0.336 e. The van der Waals surface area contributed by atoms with Gasteiger partial charge in [0.1, 0.15) is 0 Å². The molecule has 1 unspecified atom stereocenters. The first-order valence-electron chi connectivity index (χ1n) is 13.2. The molecule has 6 heteroatoms. The lowest BCUT2D eigenvalue weighted by Crippen LogP contribution is -2.54. The molecule has 1 atom stereocenters. The van der Waals surface area contributed by atoms with Crippen molar-refractivity contribution in [2.45, 2.75) is 45.3 Å². The summed E-state index contributed by atoms with van der Waals surface area (Å²) < 4.78 is 2.19. The normalized spacial score (nSPS) is 16.1. The Morgan fingerprint density at radius 3 is 2.65 bits per heavy atom. The van der Waals surface area contributed by atoms with Gasteiger partial charge in [0.05, 0.1) is 23.7 Å². The lowest BCUT2D eigenvalue weighted by Gasteiger charge is -2.41. The third-order valence-electron chi connectivity index (χ3n) is 7.40. The summed E-state index contributed by atoms with van der Waals surface area (Å²) in [5.41, 5.74) is 3.77. The van der Waals surface area contributed by atoms with Crippen molar-refractivity contribution in [3.05, 3.63) is 102 Å². The van der Waals surface area contributed by atoms with Crippen molar-refractivity contribution in [3.63, 3.8) is 0 Å². The fraction of sp³-hybridized carbons (Fsp3) is 0.323. The van der Waals surface area contributed by atoms with Crippen molar-refractivity contribution in [2.75, 3.05) is 19.6 Å². The molecule has 1 aliphatic heterocycles. The second-order valence-corrected chi connectivity index (χ2v) is 9.87. The number of aromatic nitrogens is 2. The fourth-order valence-electron chi connectivity index (χ4n) is 5.29. The molecule has 3 aromatic carbocycles. The van der Waals surface area contributed by atoms with Gasteiger partial charge < -0.3 is 9.47 Å². The summed E-state index contributed by atoms with van der Waals surface area (Å²) in [7, 11) is 0. The Morgan fingerprint density at radius 1 is 1.03 bits per heavy atom. The minimum atomic E-state index is 0.129. The van der Waals surface area contributed by atoms with Crippen LogP contribution in [-0.2, 0) is 13.1 Å². The first-order valence-corrected chi connectivity index (χ1v) is 13.2. The molecule has 0 N–H and O–H groups in total. The molecule has 0 bridgehead atoms. The quantitative estimate of drug-likeness (QED) is 0.328. The molecule has 0 spiro atoms. The number of benzene rings is 3. The SMILES string of the molecule is CCCCC1CN(C(=O)c2cccc3ccccc23)CCN1Cc1cncn1Cc1ccc(C#N)cc1. The Kier molecular flexibility index (Phi) is 7.62. The van der Waals surface area contributed by atoms with Crippen LogP contribution in [0, 0.1) is 11.3 Å². The molecule has 37 heavy (non-hydrogen) atoms. The van der Waals surface area contributed by atoms with E-state index in [1.165, 1.54) is 5.69 Å². The highest BCUT2D eigenvalue weighted by atomic mass is 16.2. The molecule has 1 fully saturated rings. The molecule has 1 aromatic heterocycles. The minimum absolute atomic E-state index is 0.129. The van der Waals surface area contributed by atoms with Crippen molar-refractivity contribution in [1.29, 1.82) is 5.26 Å². The average molecular weight is 492 g/mol. The topological polar surface area (TPSA) is 65.2 Å². The molecule has 0 radical (unpaired) electrons. The highest BCUT2D eigenvalue weighted by Gasteiger charge is 2.30. The number of carbonyl (C=O) groups is 1. The number of hydrogen-bond acceptors (Lipinski definition) is 4. The van der Waals surface area contributed by atoms with Crippen LogP contribution in [0.1, 0.15) is 53.4 Å². The third kappa shape index (κ3) is 5.58. The van der Waals surface area contributed by atoms with Gasteiger partial charge in [-0.2, -0.15) is 5.26 Å². The van der Waals surface area contributed by atoms with E-state index in [0.29, 0.717) is 18.2 Å². The van der Waals surface area contributed by atoms with Gasteiger partial charge in [-0.15, -0.1) is 0 Å². The highest BCUT2D eigenvalue weighted by Crippen LogP contribution is 2.24. The Hall–Kier alpha value is -3.95. The number of nitriles is 1. The zero-order valence-electron chi connectivity index (χ0n) is 21.4. The van der Waals surface area contributed by atoms with E-state index >= 15 is 0 Å². The van der Waals surface area contributed by atoms with Crippen LogP contribution in [0.15, 0.2) is 79.3 Å².